The first-order valence-corrected chi connectivity index (χ1v) is 13.9. The second-order valence-corrected chi connectivity index (χ2v) is 11.5. The molecule has 0 spiro atoms. The molecule has 44 heavy (non-hydrogen) atoms. The molecule has 0 saturated carbocycles. The molecule has 4 rings (SSSR count). The second-order valence-electron chi connectivity index (χ2n) is 11.5. The summed E-state index contributed by atoms with van der Waals surface area (Å²) >= 11 is 0. The van der Waals surface area contributed by atoms with Crippen LogP contribution in [0.1, 0.15) is 40.9 Å². The van der Waals surface area contributed by atoms with Crippen molar-refractivity contribution in [1.82, 2.24) is 15.5 Å². The second kappa shape index (κ2) is 12.5. The van der Waals surface area contributed by atoms with E-state index in [-0.39, 0.29) is 35.6 Å². The number of hydrogen-bond acceptors (Lipinski definition) is 7. The van der Waals surface area contributed by atoms with Crippen molar-refractivity contribution in [3.8, 4) is 17.2 Å². The van der Waals surface area contributed by atoms with Crippen molar-refractivity contribution in [3.05, 3.63) is 89.0 Å². The summed E-state index contributed by atoms with van der Waals surface area (Å²) in [7, 11) is 0. The van der Waals surface area contributed by atoms with Gasteiger partial charge < -0.3 is 36.0 Å². The Morgan fingerprint density at radius 1 is 0.932 bits per heavy atom. The molecule has 3 aromatic carbocycles. The van der Waals surface area contributed by atoms with Gasteiger partial charge in [0.15, 0.2) is 17.6 Å². The Labute approximate surface area is 253 Å². The van der Waals surface area contributed by atoms with E-state index in [2.05, 4.69) is 10.6 Å². The Bertz CT molecular complexity index is 1550. The van der Waals surface area contributed by atoms with Crippen molar-refractivity contribution < 1.29 is 43.6 Å². The van der Waals surface area contributed by atoms with Gasteiger partial charge in [0.05, 0.1) is 18.0 Å². The Kier molecular flexibility index (Phi) is 9.14. The van der Waals surface area contributed by atoms with E-state index in [0.717, 1.165) is 13.8 Å². The number of aromatic hydroxyl groups is 3. The van der Waals surface area contributed by atoms with Gasteiger partial charge in [0.2, 0.25) is 5.91 Å². The lowest BCUT2D eigenvalue weighted by Gasteiger charge is -2.34. The van der Waals surface area contributed by atoms with Gasteiger partial charge in [-0.05, 0) is 48.7 Å². The molecule has 1 aliphatic rings. The normalized spacial score (nSPS) is 18.3. The number of alkyl halides is 2. The van der Waals surface area contributed by atoms with Crippen LogP contribution >= 0.6 is 0 Å². The van der Waals surface area contributed by atoms with E-state index < -0.39 is 59.5 Å². The third kappa shape index (κ3) is 6.45. The number of carbonyl (C=O) groups is 3. The minimum Gasteiger partial charge on any atom is -0.508 e. The van der Waals surface area contributed by atoms with Crippen LogP contribution in [0.5, 0.6) is 17.2 Å². The predicted molar refractivity (Wildman–Crippen MR) is 156 cm³/mol. The largest absolute Gasteiger partial charge is 0.508 e. The summed E-state index contributed by atoms with van der Waals surface area (Å²) in [6.45, 7) is 2.47. The Hall–Kier alpha value is -4.71. The number of nitrogens with zero attached hydrogens (tertiary/aromatic N) is 1. The van der Waals surface area contributed by atoms with Gasteiger partial charge in [-0.15, -0.1) is 0 Å². The first-order valence-electron chi connectivity index (χ1n) is 13.9. The molecule has 1 fully saturated rings. The van der Waals surface area contributed by atoms with E-state index in [4.69, 9.17) is 0 Å². The van der Waals surface area contributed by atoms with Gasteiger partial charge in [0.25, 0.3) is 17.7 Å². The van der Waals surface area contributed by atoms with E-state index in [1.54, 1.807) is 30.3 Å². The number of aliphatic hydroxyl groups is 1. The topological polar surface area (TPSA) is 159 Å². The molecule has 0 aliphatic carbocycles. The molecule has 1 saturated heterocycles. The molecule has 10 nitrogen and oxygen atoms in total. The van der Waals surface area contributed by atoms with Crippen molar-refractivity contribution in [1.29, 1.82) is 0 Å². The van der Waals surface area contributed by atoms with E-state index in [0.29, 0.717) is 16.0 Å². The van der Waals surface area contributed by atoms with Crippen molar-refractivity contribution in [2.45, 2.75) is 57.8 Å². The monoisotopic (exact) mass is 611 g/mol. The maximum Gasteiger partial charge on any atom is 0.272 e. The summed E-state index contributed by atoms with van der Waals surface area (Å²) < 4.78 is 30.6. The zero-order valence-electron chi connectivity index (χ0n) is 24.4. The average molecular weight is 612 g/mol. The van der Waals surface area contributed by atoms with Gasteiger partial charge in [-0.3, -0.25) is 14.4 Å². The Balaban J connectivity index is 1.61. The van der Waals surface area contributed by atoms with Gasteiger partial charge in [-0.25, -0.2) is 8.78 Å². The van der Waals surface area contributed by atoms with E-state index >= 15 is 8.78 Å². The van der Waals surface area contributed by atoms with Gasteiger partial charge >= 0.3 is 0 Å². The van der Waals surface area contributed by atoms with Gasteiger partial charge in [0.1, 0.15) is 11.8 Å². The first-order chi connectivity index (χ1) is 20.6. The summed E-state index contributed by atoms with van der Waals surface area (Å²) in [5.41, 5.74) is -0.684. The first kappa shape index (κ1) is 32.2. The average Bonchev–Trinajstić information content (AvgIpc) is 3.17. The number of amides is 3. The molecule has 3 amide bonds. The maximum atomic E-state index is 15.3. The van der Waals surface area contributed by atoms with Gasteiger partial charge in [-0.1, -0.05) is 56.3 Å². The number of rotatable bonds is 9. The van der Waals surface area contributed by atoms with Crippen LogP contribution in [0.3, 0.4) is 0 Å². The minimum atomic E-state index is -3.52. The molecule has 234 valence electrons. The van der Waals surface area contributed by atoms with Crippen molar-refractivity contribution in [2.24, 2.45) is 5.41 Å². The number of halogens is 2. The number of phenols is 3. The SMILES string of the molecule is Cc1c(O)cccc1C(=O)N[C@@H](Cc1ccccc1)[C@H](O)C(=O)N1CC(F)(F)C(C)(C)[C@H]1C(=O)NCc1ccc(O)c(O)c1. The summed E-state index contributed by atoms with van der Waals surface area (Å²) in [5.74, 6) is -7.25. The van der Waals surface area contributed by atoms with Crippen LogP contribution in [-0.4, -0.2) is 73.7 Å². The summed E-state index contributed by atoms with van der Waals surface area (Å²) in [4.78, 5) is 41.0. The number of benzene rings is 3. The number of phenolic OH excluding ortho intramolecular Hbond substituents is 3. The Morgan fingerprint density at radius 3 is 2.27 bits per heavy atom. The molecule has 12 heteroatoms. The lowest BCUT2D eigenvalue weighted by atomic mass is 9.81. The van der Waals surface area contributed by atoms with Crippen LogP contribution in [0.4, 0.5) is 8.78 Å². The van der Waals surface area contributed by atoms with Gasteiger partial charge in [0, 0.05) is 17.7 Å². The van der Waals surface area contributed by atoms with Crippen molar-refractivity contribution in [3.63, 3.8) is 0 Å². The lowest BCUT2D eigenvalue weighted by Crippen LogP contribution is -2.57. The van der Waals surface area contributed by atoms with E-state index in [1.165, 1.54) is 43.3 Å². The third-order valence-electron chi connectivity index (χ3n) is 8.14. The summed E-state index contributed by atoms with van der Waals surface area (Å²) in [5, 5.41) is 45.8. The van der Waals surface area contributed by atoms with Crippen LogP contribution in [0, 0.1) is 12.3 Å². The molecule has 0 bridgehead atoms. The summed E-state index contributed by atoms with van der Waals surface area (Å²) in [6, 6.07) is 13.8. The molecule has 0 aromatic heterocycles. The van der Waals surface area contributed by atoms with Crippen LogP contribution < -0.4 is 10.6 Å². The predicted octanol–water partition coefficient (Wildman–Crippen LogP) is 3.00. The molecular weight excluding hydrogens is 576 g/mol. The van der Waals surface area contributed by atoms with E-state index in [9.17, 15) is 34.8 Å². The number of carbonyl (C=O) groups excluding carboxylic acids is 3. The smallest absolute Gasteiger partial charge is 0.272 e. The number of aliphatic hydroxyl groups excluding tert-OH is 1. The third-order valence-corrected chi connectivity index (χ3v) is 8.14. The fraction of sp³-hybridized carbons (Fsp3) is 0.344. The Morgan fingerprint density at radius 2 is 1.61 bits per heavy atom. The zero-order chi connectivity index (χ0) is 32.4. The fourth-order valence-corrected chi connectivity index (χ4v) is 5.31. The molecule has 0 radical (unpaired) electrons. The minimum absolute atomic E-state index is 0.0494. The quantitative estimate of drug-likeness (QED) is 0.203. The molecule has 3 aromatic rings. The van der Waals surface area contributed by atoms with Crippen molar-refractivity contribution >= 4 is 17.7 Å². The van der Waals surface area contributed by atoms with Crippen molar-refractivity contribution in [2.75, 3.05) is 6.54 Å². The molecule has 1 aliphatic heterocycles. The number of hydrogen-bond donors (Lipinski definition) is 6. The molecule has 0 unspecified atom stereocenters. The lowest BCUT2D eigenvalue weighted by molar-refractivity contribution is -0.148. The molecular formula is C32H35F2N3O7. The highest BCUT2D eigenvalue weighted by Gasteiger charge is 2.64. The summed E-state index contributed by atoms with van der Waals surface area (Å²) in [6.07, 6.45) is -2.07. The van der Waals surface area contributed by atoms with Crippen LogP contribution in [0.15, 0.2) is 66.7 Å². The molecule has 3 atom stereocenters. The molecule has 1 heterocycles. The highest BCUT2D eigenvalue weighted by Crippen LogP contribution is 2.48. The fourth-order valence-electron chi connectivity index (χ4n) is 5.31. The number of likely N-dealkylation sites (tertiary alicyclic amines) is 1. The van der Waals surface area contributed by atoms with Crippen LogP contribution in [0.2, 0.25) is 0 Å². The zero-order valence-corrected chi connectivity index (χ0v) is 24.4. The van der Waals surface area contributed by atoms with Crippen LogP contribution in [-0.2, 0) is 22.6 Å². The maximum absolute atomic E-state index is 15.3. The number of nitrogens with one attached hydrogen (secondary N) is 2. The highest BCUT2D eigenvalue weighted by molar-refractivity contribution is 5.97. The molecule has 6 N–H and O–H groups in total. The van der Waals surface area contributed by atoms with Crippen LogP contribution in [0.25, 0.3) is 0 Å². The van der Waals surface area contributed by atoms with Gasteiger partial charge in [-0.2, -0.15) is 0 Å². The highest BCUT2D eigenvalue weighted by atomic mass is 19.3. The standard InChI is InChI=1S/C32H35F2N3O7/c1-18-21(10-7-11-23(18)38)28(42)36-22(14-19-8-5-4-6-9-19)26(41)30(44)37-17-32(33,34)31(2,3)27(37)29(43)35-16-20-12-13-24(39)25(40)15-20/h4-13,15,22,26-27,38-41H,14,16-17H2,1-3H3,(H,35,43)(H,36,42)/t22-,26-,27+/m0/s1. The van der Waals surface area contributed by atoms with E-state index in [1.807, 2.05) is 0 Å².